The third kappa shape index (κ3) is 2.35. The lowest BCUT2D eigenvalue weighted by Gasteiger charge is -2.19. The largest absolute Gasteiger partial charge is 0.464 e. The maximum atomic E-state index is 12.0. The summed E-state index contributed by atoms with van der Waals surface area (Å²) in [5.41, 5.74) is 5.69. The fourth-order valence-corrected chi connectivity index (χ4v) is 5.16. The van der Waals surface area contributed by atoms with E-state index < -0.39 is 21.1 Å². The number of nitrogens with two attached hydrogens (primary N) is 1. The van der Waals surface area contributed by atoms with Gasteiger partial charge in [0.15, 0.2) is 15.5 Å². The Hall–Kier alpha value is -1.15. The van der Waals surface area contributed by atoms with Crippen LogP contribution in [0.1, 0.15) is 40.0 Å². The van der Waals surface area contributed by atoms with Crippen LogP contribution in [0, 0.1) is 0 Å². The van der Waals surface area contributed by atoms with Crippen molar-refractivity contribution < 1.29 is 17.9 Å². The van der Waals surface area contributed by atoms with Crippen LogP contribution >= 0.6 is 11.3 Å². The normalized spacial score (nSPS) is 22.6. The van der Waals surface area contributed by atoms with Crippen LogP contribution < -0.4 is 5.73 Å². The predicted molar refractivity (Wildman–Crippen MR) is 68.2 cm³/mol. The zero-order valence-corrected chi connectivity index (χ0v) is 11.5. The van der Waals surface area contributed by atoms with Crippen molar-refractivity contribution in [3.8, 4) is 0 Å². The monoisotopic (exact) mass is 290 g/mol. The molecule has 0 bridgehead atoms. The highest BCUT2D eigenvalue weighted by Crippen LogP contribution is 2.37. The number of methoxy groups -OCH3 is 1. The summed E-state index contributed by atoms with van der Waals surface area (Å²) in [6.07, 6.45) is 2.07. The van der Waals surface area contributed by atoms with Gasteiger partial charge in [-0.2, -0.15) is 0 Å². The number of ether oxygens (including phenoxy) is 1. The first kappa shape index (κ1) is 13.3. The van der Waals surface area contributed by atoms with Gasteiger partial charge < -0.3 is 10.5 Å². The number of hydrogen-bond acceptors (Lipinski definition) is 7. The molecular formula is C10H14N2O4S2. The van der Waals surface area contributed by atoms with Crippen molar-refractivity contribution in [3.05, 3.63) is 10.7 Å². The summed E-state index contributed by atoms with van der Waals surface area (Å²) in [6, 6.07) is 0. The van der Waals surface area contributed by atoms with Gasteiger partial charge in [-0.05, 0) is 12.8 Å². The minimum atomic E-state index is -3.17. The van der Waals surface area contributed by atoms with E-state index in [9.17, 15) is 13.2 Å². The Morgan fingerprint density at radius 1 is 1.50 bits per heavy atom. The molecule has 1 aromatic heterocycles. The lowest BCUT2D eigenvalue weighted by Crippen LogP contribution is -2.21. The van der Waals surface area contributed by atoms with Crippen molar-refractivity contribution in [1.29, 1.82) is 0 Å². The van der Waals surface area contributed by atoms with E-state index in [2.05, 4.69) is 9.72 Å². The maximum Gasteiger partial charge on any atom is 0.359 e. The first-order chi connectivity index (χ1) is 8.45. The lowest BCUT2D eigenvalue weighted by atomic mass is 10.2. The Morgan fingerprint density at radius 2 is 2.22 bits per heavy atom. The Balaban J connectivity index is 2.37. The van der Waals surface area contributed by atoms with E-state index in [1.165, 1.54) is 7.11 Å². The molecule has 1 fully saturated rings. The number of anilines is 1. The number of aromatic nitrogens is 1. The number of sulfone groups is 1. The van der Waals surface area contributed by atoms with Gasteiger partial charge in [-0.15, -0.1) is 0 Å². The molecule has 8 heteroatoms. The topological polar surface area (TPSA) is 99.3 Å². The van der Waals surface area contributed by atoms with Gasteiger partial charge in [0.25, 0.3) is 0 Å². The molecule has 0 saturated carbocycles. The Morgan fingerprint density at radius 3 is 2.83 bits per heavy atom. The summed E-state index contributed by atoms with van der Waals surface area (Å²) in [5.74, 6) is -0.465. The standard InChI is InChI=1S/C10H14N2O4S2/c1-16-10(13)7-8(11)17-9(12-7)6-4-2-3-5-18(6,14)15/h6H,2-5,11H2,1H3. The first-order valence-electron chi connectivity index (χ1n) is 5.52. The Kier molecular flexibility index (Phi) is 3.58. The summed E-state index contributed by atoms with van der Waals surface area (Å²) < 4.78 is 28.4. The number of nitrogen functional groups attached to an aromatic ring is 1. The lowest BCUT2D eigenvalue weighted by molar-refractivity contribution is 0.0596. The number of thiazole rings is 1. The summed E-state index contributed by atoms with van der Waals surface area (Å²) >= 11 is 1.05. The highest BCUT2D eigenvalue weighted by molar-refractivity contribution is 7.91. The van der Waals surface area contributed by atoms with Crippen LogP contribution in [0.4, 0.5) is 5.00 Å². The zero-order valence-electron chi connectivity index (χ0n) is 9.88. The minimum Gasteiger partial charge on any atom is -0.464 e. The Labute approximate surface area is 109 Å². The number of hydrogen-bond donors (Lipinski definition) is 1. The quantitative estimate of drug-likeness (QED) is 0.820. The summed E-state index contributed by atoms with van der Waals surface area (Å²) in [6.45, 7) is 0. The molecule has 0 spiro atoms. The predicted octanol–water partition coefficient (Wildman–Crippen LogP) is 1.15. The summed E-state index contributed by atoms with van der Waals surface area (Å²) in [4.78, 5) is 15.4. The fraction of sp³-hybridized carbons (Fsp3) is 0.600. The molecular weight excluding hydrogens is 276 g/mol. The van der Waals surface area contributed by atoms with E-state index in [0.717, 1.165) is 17.8 Å². The van der Waals surface area contributed by atoms with Crippen LogP contribution in [-0.2, 0) is 14.6 Å². The van der Waals surface area contributed by atoms with Crippen molar-refractivity contribution in [3.63, 3.8) is 0 Å². The van der Waals surface area contributed by atoms with Gasteiger partial charge >= 0.3 is 5.97 Å². The van der Waals surface area contributed by atoms with Gasteiger partial charge in [0.1, 0.15) is 15.3 Å². The van der Waals surface area contributed by atoms with Crippen LogP contribution in [0.2, 0.25) is 0 Å². The van der Waals surface area contributed by atoms with Crippen LogP contribution in [0.25, 0.3) is 0 Å². The minimum absolute atomic E-state index is 0.0123. The number of esters is 1. The molecule has 1 aliphatic rings. The van der Waals surface area contributed by atoms with Gasteiger partial charge in [0.05, 0.1) is 12.9 Å². The summed E-state index contributed by atoms with van der Waals surface area (Å²) in [5, 5.41) is -0.0258. The third-order valence-electron chi connectivity index (χ3n) is 2.90. The van der Waals surface area contributed by atoms with Crippen molar-refractivity contribution >= 4 is 32.1 Å². The molecule has 6 nitrogen and oxygen atoms in total. The number of carbonyl (C=O) groups is 1. The molecule has 2 heterocycles. The third-order valence-corrected chi connectivity index (χ3v) is 6.23. The highest BCUT2D eigenvalue weighted by Gasteiger charge is 2.34. The first-order valence-corrected chi connectivity index (χ1v) is 8.05. The molecule has 2 rings (SSSR count). The molecule has 100 valence electrons. The van der Waals surface area contributed by atoms with Crippen molar-refractivity contribution in [2.24, 2.45) is 0 Å². The molecule has 1 atom stereocenters. The van der Waals surface area contributed by atoms with Gasteiger partial charge in [0.2, 0.25) is 0 Å². The molecule has 1 aromatic rings. The molecule has 18 heavy (non-hydrogen) atoms. The van der Waals surface area contributed by atoms with E-state index >= 15 is 0 Å². The molecule has 1 saturated heterocycles. The Bertz CT molecular complexity index is 564. The van der Waals surface area contributed by atoms with Gasteiger partial charge in [0, 0.05) is 0 Å². The second-order valence-electron chi connectivity index (χ2n) is 4.11. The second-order valence-corrected chi connectivity index (χ2v) is 7.47. The van der Waals surface area contributed by atoms with Crippen molar-refractivity contribution in [2.75, 3.05) is 18.6 Å². The van der Waals surface area contributed by atoms with Crippen LogP contribution in [0.3, 0.4) is 0 Å². The molecule has 2 N–H and O–H groups in total. The van der Waals surface area contributed by atoms with Gasteiger partial charge in [-0.25, -0.2) is 18.2 Å². The van der Waals surface area contributed by atoms with E-state index in [1.807, 2.05) is 0 Å². The van der Waals surface area contributed by atoms with E-state index in [0.29, 0.717) is 17.8 Å². The number of carbonyl (C=O) groups excluding carboxylic acids is 1. The molecule has 0 aromatic carbocycles. The number of rotatable bonds is 2. The van der Waals surface area contributed by atoms with E-state index in [1.54, 1.807) is 0 Å². The van der Waals surface area contributed by atoms with Crippen LogP contribution in [0.15, 0.2) is 0 Å². The molecule has 0 aliphatic carbocycles. The van der Waals surface area contributed by atoms with Crippen molar-refractivity contribution in [2.45, 2.75) is 24.5 Å². The average Bonchev–Trinajstić information content (AvgIpc) is 2.69. The van der Waals surface area contributed by atoms with Gasteiger partial charge in [-0.1, -0.05) is 17.8 Å². The number of nitrogens with zero attached hydrogens (tertiary/aromatic N) is 1. The van der Waals surface area contributed by atoms with E-state index in [4.69, 9.17) is 5.73 Å². The second kappa shape index (κ2) is 4.85. The van der Waals surface area contributed by atoms with Crippen LogP contribution in [0.5, 0.6) is 0 Å². The smallest absolute Gasteiger partial charge is 0.359 e. The van der Waals surface area contributed by atoms with Gasteiger partial charge in [-0.3, -0.25) is 0 Å². The van der Waals surface area contributed by atoms with E-state index in [-0.39, 0.29) is 16.4 Å². The molecule has 0 amide bonds. The molecule has 1 aliphatic heterocycles. The maximum absolute atomic E-state index is 12.0. The van der Waals surface area contributed by atoms with Crippen LogP contribution in [-0.4, -0.2) is 32.2 Å². The summed E-state index contributed by atoms with van der Waals surface area (Å²) in [7, 11) is -1.94. The zero-order chi connectivity index (χ0) is 13.3. The van der Waals surface area contributed by atoms with Crippen molar-refractivity contribution in [1.82, 2.24) is 4.98 Å². The highest BCUT2D eigenvalue weighted by atomic mass is 32.2. The molecule has 0 radical (unpaired) electrons. The average molecular weight is 290 g/mol. The SMILES string of the molecule is COC(=O)c1nc(C2CCCCS2(=O)=O)sc1N. The fourth-order valence-electron chi connectivity index (χ4n) is 1.96. The molecule has 1 unspecified atom stereocenters.